The van der Waals surface area contributed by atoms with Gasteiger partial charge in [0.1, 0.15) is 6.04 Å². The molecular weight excluding hydrogens is 494 g/mol. The summed E-state index contributed by atoms with van der Waals surface area (Å²) in [5.41, 5.74) is 1.64. The van der Waals surface area contributed by atoms with Crippen molar-refractivity contribution in [3.63, 3.8) is 0 Å². The molecule has 4 amide bonds. The number of carbonyl (C=O) groups is 4. The smallest absolute Gasteiger partial charge is 0.251 e. The highest BCUT2D eigenvalue weighted by atomic mass is 35.5. The van der Waals surface area contributed by atoms with Crippen molar-refractivity contribution in [2.45, 2.75) is 31.7 Å². The lowest BCUT2D eigenvalue weighted by atomic mass is 10.1. The maximum Gasteiger partial charge on any atom is 0.251 e. The Bertz CT molecular complexity index is 1130. The second-order valence-corrected chi connectivity index (χ2v) is 9.90. The Balaban J connectivity index is 1.45. The van der Waals surface area contributed by atoms with Crippen LogP contribution in [0.25, 0.3) is 0 Å². The summed E-state index contributed by atoms with van der Waals surface area (Å²) in [6.07, 6.45) is 2.16. The van der Waals surface area contributed by atoms with Crippen LogP contribution < -0.4 is 15.5 Å². The van der Waals surface area contributed by atoms with Crippen molar-refractivity contribution >= 4 is 46.6 Å². The standard InChI is InChI=1S/C27H32ClN5O4/c1-31-14-16-32(17-15-31)27(37)23(18-24(34)29-21-9-7-20(28)8-10-21)30-26(36)19-5-11-22(12-6-19)33-13-3-2-4-25(33)35/h5-12,23H,2-4,13-18H2,1H3,(H,29,34)(H,30,36). The number of carbonyl (C=O) groups excluding carboxylic acids is 4. The Labute approximate surface area is 221 Å². The van der Waals surface area contributed by atoms with Crippen molar-refractivity contribution in [3.05, 3.63) is 59.1 Å². The van der Waals surface area contributed by atoms with Gasteiger partial charge in [-0.3, -0.25) is 19.2 Å². The minimum absolute atomic E-state index is 0.0768. The minimum Gasteiger partial charge on any atom is -0.340 e. The van der Waals surface area contributed by atoms with E-state index in [0.717, 1.165) is 31.6 Å². The van der Waals surface area contributed by atoms with Gasteiger partial charge < -0.3 is 25.3 Å². The Hall–Kier alpha value is -3.43. The number of halogens is 1. The maximum absolute atomic E-state index is 13.4. The number of likely N-dealkylation sites (N-methyl/N-ethyl adjacent to an activating group) is 1. The van der Waals surface area contributed by atoms with Crippen LogP contribution in [0.3, 0.4) is 0 Å². The molecule has 0 spiro atoms. The molecule has 196 valence electrons. The maximum atomic E-state index is 13.4. The van der Waals surface area contributed by atoms with E-state index in [2.05, 4.69) is 15.5 Å². The number of rotatable bonds is 7. The van der Waals surface area contributed by atoms with E-state index in [1.54, 1.807) is 58.3 Å². The quantitative estimate of drug-likeness (QED) is 0.579. The highest BCUT2D eigenvalue weighted by molar-refractivity contribution is 6.30. The lowest BCUT2D eigenvalue weighted by Gasteiger charge is -2.34. The van der Waals surface area contributed by atoms with Gasteiger partial charge in [0, 0.05) is 61.1 Å². The van der Waals surface area contributed by atoms with Gasteiger partial charge in [0.2, 0.25) is 17.7 Å². The average Bonchev–Trinajstić information content (AvgIpc) is 2.90. The van der Waals surface area contributed by atoms with Gasteiger partial charge >= 0.3 is 0 Å². The summed E-state index contributed by atoms with van der Waals surface area (Å²) in [7, 11) is 1.99. The first-order chi connectivity index (χ1) is 17.8. The molecule has 0 radical (unpaired) electrons. The first-order valence-electron chi connectivity index (χ1n) is 12.5. The topological polar surface area (TPSA) is 102 Å². The molecule has 2 aromatic carbocycles. The Morgan fingerprint density at radius 1 is 0.919 bits per heavy atom. The van der Waals surface area contributed by atoms with E-state index < -0.39 is 17.9 Å². The average molecular weight is 526 g/mol. The second-order valence-electron chi connectivity index (χ2n) is 9.46. The minimum atomic E-state index is -1.02. The number of piperidine rings is 1. The third kappa shape index (κ3) is 7.08. The van der Waals surface area contributed by atoms with E-state index in [9.17, 15) is 19.2 Å². The van der Waals surface area contributed by atoms with Gasteiger partial charge in [0.05, 0.1) is 6.42 Å². The Morgan fingerprint density at radius 3 is 2.24 bits per heavy atom. The third-order valence-corrected chi connectivity index (χ3v) is 6.95. The molecule has 1 atom stereocenters. The molecule has 4 rings (SSSR count). The third-order valence-electron chi connectivity index (χ3n) is 6.70. The van der Waals surface area contributed by atoms with Crippen molar-refractivity contribution in [1.82, 2.24) is 15.1 Å². The number of hydrogen-bond acceptors (Lipinski definition) is 5. The van der Waals surface area contributed by atoms with Crippen LogP contribution in [0.1, 0.15) is 36.0 Å². The van der Waals surface area contributed by atoms with Crippen LogP contribution in [0.5, 0.6) is 0 Å². The molecule has 0 aliphatic carbocycles. The van der Waals surface area contributed by atoms with E-state index in [4.69, 9.17) is 11.6 Å². The van der Waals surface area contributed by atoms with Crippen LogP contribution in [-0.4, -0.2) is 79.2 Å². The molecular formula is C27H32ClN5O4. The van der Waals surface area contributed by atoms with Gasteiger partial charge in [0.25, 0.3) is 5.91 Å². The summed E-state index contributed by atoms with van der Waals surface area (Å²) in [4.78, 5) is 57.0. The monoisotopic (exact) mass is 525 g/mol. The summed E-state index contributed by atoms with van der Waals surface area (Å²) in [6, 6.07) is 12.4. The molecule has 2 fully saturated rings. The number of benzene rings is 2. The van der Waals surface area contributed by atoms with Crippen LogP contribution in [0.4, 0.5) is 11.4 Å². The van der Waals surface area contributed by atoms with Crippen LogP contribution >= 0.6 is 11.6 Å². The number of hydrogen-bond donors (Lipinski definition) is 2. The summed E-state index contributed by atoms with van der Waals surface area (Å²) >= 11 is 5.91. The van der Waals surface area contributed by atoms with Crippen LogP contribution in [0, 0.1) is 0 Å². The number of anilines is 2. The molecule has 0 bridgehead atoms. The number of amides is 4. The van der Waals surface area contributed by atoms with Gasteiger partial charge in [-0.25, -0.2) is 0 Å². The molecule has 0 saturated carbocycles. The van der Waals surface area contributed by atoms with Crippen molar-refractivity contribution in [3.8, 4) is 0 Å². The van der Waals surface area contributed by atoms with Gasteiger partial charge in [-0.15, -0.1) is 0 Å². The fraction of sp³-hybridized carbons (Fsp3) is 0.407. The Kier molecular flexibility index (Phi) is 8.78. The first-order valence-corrected chi connectivity index (χ1v) is 12.9. The highest BCUT2D eigenvalue weighted by Crippen LogP contribution is 2.21. The van der Waals surface area contributed by atoms with Crippen molar-refractivity contribution < 1.29 is 19.2 Å². The molecule has 2 aliphatic heterocycles. The highest BCUT2D eigenvalue weighted by Gasteiger charge is 2.30. The molecule has 1 unspecified atom stereocenters. The number of piperazine rings is 1. The van der Waals surface area contributed by atoms with E-state index in [0.29, 0.717) is 42.3 Å². The molecule has 2 N–H and O–H groups in total. The summed E-state index contributed by atoms with van der Waals surface area (Å²) in [5, 5.41) is 6.07. The fourth-order valence-corrected chi connectivity index (χ4v) is 4.62. The zero-order valence-corrected chi connectivity index (χ0v) is 21.7. The molecule has 10 heteroatoms. The van der Waals surface area contributed by atoms with E-state index in [-0.39, 0.29) is 18.2 Å². The van der Waals surface area contributed by atoms with Crippen molar-refractivity contribution in [2.24, 2.45) is 0 Å². The normalized spacial score (nSPS) is 17.3. The van der Waals surface area contributed by atoms with Crippen molar-refractivity contribution in [1.29, 1.82) is 0 Å². The van der Waals surface area contributed by atoms with Gasteiger partial charge in [-0.1, -0.05) is 11.6 Å². The van der Waals surface area contributed by atoms with E-state index in [1.807, 2.05) is 7.05 Å². The van der Waals surface area contributed by atoms with E-state index >= 15 is 0 Å². The summed E-state index contributed by atoms with van der Waals surface area (Å²) < 4.78 is 0. The first kappa shape index (κ1) is 26.6. The van der Waals surface area contributed by atoms with Crippen LogP contribution in [0.15, 0.2) is 48.5 Å². The van der Waals surface area contributed by atoms with Gasteiger partial charge in [-0.2, -0.15) is 0 Å². The van der Waals surface area contributed by atoms with Crippen molar-refractivity contribution in [2.75, 3.05) is 50.0 Å². The van der Waals surface area contributed by atoms with Gasteiger partial charge in [-0.05, 0) is 68.4 Å². The number of nitrogens with one attached hydrogen (secondary N) is 2. The van der Waals surface area contributed by atoms with Gasteiger partial charge in [0.15, 0.2) is 0 Å². The zero-order chi connectivity index (χ0) is 26.4. The molecule has 2 aromatic rings. The lowest BCUT2D eigenvalue weighted by Crippen LogP contribution is -2.55. The SMILES string of the molecule is CN1CCN(C(=O)C(CC(=O)Nc2ccc(Cl)cc2)NC(=O)c2ccc(N3CCCCC3=O)cc2)CC1. The van der Waals surface area contributed by atoms with E-state index in [1.165, 1.54) is 0 Å². The molecule has 37 heavy (non-hydrogen) atoms. The summed E-state index contributed by atoms with van der Waals surface area (Å²) in [5.74, 6) is -1.06. The Morgan fingerprint density at radius 2 is 1.59 bits per heavy atom. The predicted octanol–water partition coefficient (Wildman–Crippen LogP) is 2.76. The zero-order valence-electron chi connectivity index (χ0n) is 20.9. The molecule has 2 aliphatic rings. The van der Waals surface area contributed by atoms with Crippen LogP contribution in [-0.2, 0) is 14.4 Å². The number of nitrogens with zero attached hydrogens (tertiary/aromatic N) is 3. The lowest BCUT2D eigenvalue weighted by molar-refractivity contribution is -0.136. The molecule has 9 nitrogen and oxygen atoms in total. The second kappa shape index (κ2) is 12.2. The largest absolute Gasteiger partial charge is 0.340 e. The molecule has 0 aromatic heterocycles. The summed E-state index contributed by atoms with van der Waals surface area (Å²) in [6.45, 7) is 3.16. The van der Waals surface area contributed by atoms with Crippen LogP contribution in [0.2, 0.25) is 5.02 Å². The molecule has 2 saturated heterocycles. The predicted molar refractivity (Wildman–Crippen MR) is 143 cm³/mol. The fourth-order valence-electron chi connectivity index (χ4n) is 4.49. The molecule has 2 heterocycles.